The Morgan fingerprint density at radius 3 is 2.42 bits per heavy atom. The van der Waals surface area contributed by atoms with Crippen molar-refractivity contribution in [2.45, 2.75) is 12.8 Å². The van der Waals surface area contributed by atoms with Crippen LogP contribution in [0, 0.1) is 11.7 Å². The van der Waals surface area contributed by atoms with Crippen molar-refractivity contribution in [3.63, 3.8) is 0 Å². The lowest BCUT2D eigenvalue weighted by Gasteiger charge is -2.30. The first kappa shape index (κ1) is 14.0. The fraction of sp³-hybridized carbons (Fsp3) is 0.385. The van der Waals surface area contributed by atoms with Gasteiger partial charge in [-0.3, -0.25) is 9.59 Å². The van der Waals surface area contributed by atoms with Crippen LogP contribution < -0.4 is 0 Å². The smallest absolute Gasteiger partial charge is 0.306 e. The van der Waals surface area contributed by atoms with Gasteiger partial charge in [0.25, 0.3) is 5.91 Å². The zero-order valence-corrected chi connectivity index (χ0v) is 11.7. The van der Waals surface area contributed by atoms with Gasteiger partial charge in [0.05, 0.1) is 5.92 Å². The van der Waals surface area contributed by atoms with Crippen LogP contribution in [0.15, 0.2) is 22.7 Å². The van der Waals surface area contributed by atoms with Gasteiger partial charge in [0.2, 0.25) is 0 Å². The first-order valence-corrected chi connectivity index (χ1v) is 6.75. The predicted molar refractivity (Wildman–Crippen MR) is 70.4 cm³/mol. The van der Waals surface area contributed by atoms with Crippen LogP contribution in [0.4, 0.5) is 4.39 Å². The van der Waals surface area contributed by atoms with E-state index >= 15 is 0 Å². The Labute approximate surface area is 118 Å². The number of carbonyl (C=O) groups excluding carboxylic acids is 1. The van der Waals surface area contributed by atoms with Gasteiger partial charge >= 0.3 is 5.97 Å². The third kappa shape index (κ3) is 3.32. The molecule has 102 valence electrons. The fourth-order valence-electron chi connectivity index (χ4n) is 2.19. The normalized spacial score (nSPS) is 16.4. The molecule has 0 spiro atoms. The zero-order valence-electron chi connectivity index (χ0n) is 10.1. The SMILES string of the molecule is O=C(O)C1CCN(C(=O)c2cc(F)cc(Br)c2)CC1. The molecular weight excluding hydrogens is 317 g/mol. The van der Waals surface area contributed by atoms with Gasteiger partial charge in [-0.25, -0.2) is 4.39 Å². The second-order valence-electron chi connectivity index (χ2n) is 4.56. The number of amides is 1. The standard InChI is InChI=1S/C13H13BrFNO3/c14-10-5-9(6-11(15)7-10)12(17)16-3-1-8(2-4-16)13(18)19/h5-8H,1-4H2,(H,18,19). The van der Waals surface area contributed by atoms with E-state index in [4.69, 9.17) is 5.11 Å². The van der Waals surface area contributed by atoms with Crippen LogP contribution in [0.1, 0.15) is 23.2 Å². The minimum absolute atomic E-state index is 0.260. The van der Waals surface area contributed by atoms with Crippen molar-refractivity contribution in [3.8, 4) is 0 Å². The van der Waals surface area contributed by atoms with Crippen LogP contribution >= 0.6 is 15.9 Å². The highest BCUT2D eigenvalue weighted by molar-refractivity contribution is 9.10. The van der Waals surface area contributed by atoms with Crippen molar-refractivity contribution in [1.82, 2.24) is 4.90 Å². The molecule has 0 unspecified atom stereocenters. The number of hydrogen-bond donors (Lipinski definition) is 1. The molecule has 1 heterocycles. The maximum Gasteiger partial charge on any atom is 0.306 e. The van der Waals surface area contributed by atoms with Gasteiger partial charge in [-0.05, 0) is 31.0 Å². The predicted octanol–water partition coefficient (Wildman–Crippen LogP) is 2.53. The van der Waals surface area contributed by atoms with Crippen molar-refractivity contribution in [2.24, 2.45) is 5.92 Å². The van der Waals surface area contributed by atoms with Gasteiger partial charge in [0.1, 0.15) is 5.82 Å². The van der Waals surface area contributed by atoms with E-state index in [1.165, 1.54) is 12.1 Å². The lowest BCUT2D eigenvalue weighted by Crippen LogP contribution is -2.40. The van der Waals surface area contributed by atoms with Gasteiger partial charge in [-0.1, -0.05) is 15.9 Å². The summed E-state index contributed by atoms with van der Waals surface area (Å²) in [7, 11) is 0. The lowest BCUT2D eigenvalue weighted by molar-refractivity contribution is -0.143. The zero-order chi connectivity index (χ0) is 14.0. The van der Waals surface area contributed by atoms with Crippen molar-refractivity contribution < 1.29 is 19.1 Å². The molecule has 0 aromatic heterocycles. The average Bonchev–Trinajstić information content (AvgIpc) is 2.37. The van der Waals surface area contributed by atoms with E-state index in [1.807, 2.05) is 0 Å². The van der Waals surface area contributed by atoms with Crippen molar-refractivity contribution in [2.75, 3.05) is 13.1 Å². The van der Waals surface area contributed by atoms with Crippen molar-refractivity contribution in [3.05, 3.63) is 34.1 Å². The molecule has 19 heavy (non-hydrogen) atoms. The maximum atomic E-state index is 13.2. The number of carbonyl (C=O) groups is 2. The molecule has 1 fully saturated rings. The number of rotatable bonds is 2. The van der Waals surface area contributed by atoms with Crippen molar-refractivity contribution in [1.29, 1.82) is 0 Å². The van der Waals surface area contributed by atoms with E-state index in [0.29, 0.717) is 30.4 Å². The Balaban J connectivity index is 2.07. The van der Waals surface area contributed by atoms with Crippen LogP contribution in [-0.4, -0.2) is 35.0 Å². The summed E-state index contributed by atoms with van der Waals surface area (Å²) >= 11 is 3.15. The monoisotopic (exact) mass is 329 g/mol. The van der Waals surface area contributed by atoms with Crippen LogP contribution in [0.5, 0.6) is 0 Å². The Morgan fingerprint density at radius 2 is 1.89 bits per heavy atom. The van der Waals surface area contributed by atoms with E-state index in [9.17, 15) is 14.0 Å². The molecular formula is C13H13BrFNO3. The van der Waals surface area contributed by atoms with Gasteiger partial charge in [-0.2, -0.15) is 0 Å². The van der Waals surface area contributed by atoms with Gasteiger partial charge in [-0.15, -0.1) is 0 Å². The second-order valence-corrected chi connectivity index (χ2v) is 5.48. The molecule has 1 N–H and O–H groups in total. The molecule has 4 nitrogen and oxygen atoms in total. The number of halogens is 2. The highest BCUT2D eigenvalue weighted by Crippen LogP contribution is 2.21. The molecule has 2 rings (SSSR count). The highest BCUT2D eigenvalue weighted by Gasteiger charge is 2.27. The number of aliphatic carboxylic acids is 1. The molecule has 6 heteroatoms. The van der Waals surface area contributed by atoms with Gasteiger partial charge in [0.15, 0.2) is 0 Å². The van der Waals surface area contributed by atoms with Crippen LogP contribution in [-0.2, 0) is 4.79 Å². The molecule has 0 bridgehead atoms. The van der Waals surface area contributed by atoms with Crippen molar-refractivity contribution >= 4 is 27.8 Å². The van der Waals surface area contributed by atoms with Crippen LogP contribution in [0.2, 0.25) is 0 Å². The van der Waals surface area contributed by atoms with Gasteiger partial charge in [0, 0.05) is 23.1 Å². The molecule has 1 aromatic carbocycles. The van der Waals surface area contributed by atoms with E-state index in [-0.39, 0.29) is 17.4 Å². The van der Waals surface area contributed by atoms with E-state index < -0.39 is 11.8 Å². The summed E-state index contributed by atoms with van der Waals surface area (Å²) in [6.07, 6.45) is 0.884. The topological polar surface area (TPSA) is 57.6 Å². The third-order valence-electron chi connectivity index (χ3n) is 3.24. The number of nitrogens with zero attached hydrogens (tertiary/aromatic N) is 1. The Bertz CT molecular complexity index is 492. The first-order chi connectivity index (χ1) is 8.97. The molecule has 0 radical (unpaired) electrons. The first-order valence-electron chi connectivity index (χ1n) is 5.95. The molecule has 0 saturated carbocycles. The molecule has 1 amide bonds. The van der Waals surface area contributed by atoms with Crippen LogP contribution in [0.3, 0.4) is 0 Å². The molecule has 1 aliphatic rings. The number of carboxylic acids is 1. The summed E-state index contributed by atoms with van der Waals surface area (Å²) in [5, 5.41) is 8.89. The number of carboxylic acid groups (broad SMARTS) is 1. The number of likely N-dealkylation sites (tertiary alicyclic amines) is 1. The summed E-state index contributed by atoms with van der Waals surface area (Å²) in [4.78, 5) is 24.6. The molecule has 0 atom stereocenters. The number of benzene rings is 1. The quantitative estimate of drug-likeness (QED) is 0.907. The summed E-state index contributed by atoms with van der Waals surface area (Å²) in [6, 6.07) is 4.04. The molecule has 1 aliphatic heterocycles. The number of piperidine rings is 1. The summed E-state index contributed by atoms with van der Waals surface area (Å²) < 4.78 is 13.8. The molecule has 1 saturated heterocycles. The highest BCUT2D eigenvalue weighted by atomic mass is 79.9. The molecule has 1 aromatic rings. The van der Waals surface area contributed by atoms with E-state index in [1.54, 1.807) is 11.0 Å². The maximum absolute atomic E-state index is 13.2. The largest absolute Gasteiger partial charge is 0.481 e. The summed E-state index contributed by atoms with van der Waals surface area (Å²) in [5.41, 5.74) is 0.278. The Hall–Kier alpha value is -1.43. The number of hydrogen-bond acceptors (Lipinski definition) is 2. The van der Waals surface area contributed by atoms with Crippen LogP contribution in [0.25, 0.3) is 0 Å². The fourth-order valence-corrected chi connectivity index (χ4v) is 2.65. The van der Waals surface area contributed by atoms with E-state index in [0.717, 1.165) is 0 Å². The summed E-state index contributed by atoms with van der Waals surface area (Å²) in [5.74, 6) is -1.94. The summed E-state index contributed by atoms with van der Waals surface area (Å²) in [6.45, 7) is 0.786. The Kier molecular flexibility index (Phi) is 4.19. The lowest BCUT2D eigenvalue weighted by atomic mass is 9.96. The minimum atomic E-state index is -0.819. The van der Waals surface area contributed by atoms with E-state index in [2.05, 4.69) is 15.9 Å². The third-order valence-corrected chi connectivity index (χ3v) is 3.70. The molecule has 0 aliphatic carbocycles. The minimum Gasteiger partial charge on any atom is -0.481 e. The van der Waals surface area contributed by atoms with Gasteiger partial charge < -0.3 is 10.0 Å². The average molecular weight is 330 g/mol. The second kappa shape index (κ2) is 5.69. The Morgan fingerprint density at radius 1 is 1.26 bits per heavy atom.